The van der Waals surface area contributed by atoms with E-state index in [2.05, 4.69) is 5.32 Å². The fourth-order valence-electron chi connectivity index (χ4n) is 0.329. The third-order valence-electron chi connectivity index (χ3n) is 0.642. The Balaban J connectivity index is -0.0000000211. The first-order valence-corrected chi connectivity index (χ1v) is 7.16. The number of carboxylic acid groups (broad SMARTS) is 5. The average Bonchev–Trinajstić information content (AvgIpc) is 2.35. The first-order valence-electron chi connectivity index (χ1n) is 7.16. The van der Waals surface area contributed by atoms with Gasteiger partial charge in [-0.15, -0.1) is 0 Å². The second kappa shape index (κ2) is 63.1. The van der Waals surface area contributed by atoms with Gasteiger partial charge in [0.1, 0.15) is 0 Å². The Hall–Kier alpha value is -2.93. The van der Waals surface area contributed by atoms with Crippen LogP contribution in [0.5, 0.6) is 0 Å². The summed E-state index contributed by atoms with van der Waals surface area (Å²) < 4.78 is 0. The van der Waals surface area contributed by atoms with Gasteiger partial charge >= 0.3 is 0 Å². The lowest BCUT2D eigenvalue weighted by Gasteiger charge is -1.95. The first kappa shape index (κ1) is 63.0. The quantitative estimate of drug-likeness (QED) is 0.190. The van der Waals surface area contributed by atoms with E-state index in [0.717, 1.165) is 47.7 Å². The van der Waals surface area contributed by atoms with Gasteiger partial charge in [0.25, 0.3) is 29.8 Å². The third-order valence-corrected chi connectivity index (χ3v) is 0.642. The molecule has 0 saturated carbocycles. The van der Waals surface area contributed by atoms with Crippen LogP contribution in [0, 0.1) is 0 Å². The number of nitrogens with one attached hydrogen (secondary N) is 1. The zero-order valence-electron chi connectivity index (χ0n) is 18.7. The van der Waals surface area contributed by atoms with Crippen LogP contribution in [-0.2, 0) is 24.0 Å². The van der Waals surface area contributed by atoms with Crippen molar-refractivity contribution in [1.29, 1.82) is 0 Å². The Bertz CT molecular complexity index is 291. The lowest BCUT2D eigenvalue weighted by atomic mass is 10.6. The monoisotopic (exact) mass is 473 g/mol. The standard InChI is InChI=1S/C4H13N3.5C2H4O2.2H3N.2H2O/c5-1-3-7-4-2-6;5*1-2(3)4;;;;/h7H,1-6H2;5*1H3,(H,3,4);2*1H3;2*1H2. The number of hydrogen-bond acceptors (Lipinski definition) is 10. The van der Waals surface area contributed by atoms with E-state index >= 15 is 0 Å². The molecule has 17 nitrogen and oxygen atoms in total. The number of rotatable bonds is 4. The molecule has 0 aliphatic rings. The van der Waals surface area contributed by atoms with Crippen molar-refractivity contribution in [1.82, 2.24) is 17.6 Å². The Kier molecular flexibility index (Phi) is 128. The molecular formula is C14H43N5O12. The summed E-state index contributed by atoms with van der Waals surface area (Å²) in [4.78, 5) is 45.0. The Labute approximate surface area is 181 Å². The summed E-state index contributed by atoms with van der Waals surface area (Å²) in [7, 11) is 0. The molecule has 0 heterocycles. The van der Waals surface area contributed by atoms with Crippen molar-refractivity contribution >= 4 is 29.8 Å². The molecule has 17 heteroatoms. The minimum absolute atomic E-state index is 0. The van der Waals surface area contributed by atoms with Crippen molar-refractivity contribution in [3.63, 3.8) is 0 Å². The molecule has 0 unspecified atom stereocenters. The summed E-state index contributed by atoms with van der Waals surface area (Å²) in [6, 6.07) is 0. The molecule has 31 heavy (non-hydrogen) atoms. The fourth-order valence-corrected chi connectivity index (χ4v) is 0.329. The lowest BCUT2D eigenvalue weighted by molar-refractivity contribution is -0.135. The van der Waals surface area contributed by atoms with Crippen molar-refractivity contribution in [3.8, 4) is 0 Å². The highest BCUT2D eigenvalue weighted by molar-refractivity contribution is 5.63. The second-order valence-electron chi connectivity index (χ2n) is 3.92. The molecule has 0 saturated heterocycles. The maximum atomic E-state index is 9.00. The van der Waals surface area contributed by atoms with E-state index < -0.39 is 29.8 Å². The van der Waals surface area contributed by atoms with Crippen LogP contribution in [0.2, 0.25) is 0 Å². The molecule has 196 valence electrons. The summed E-state index contributed by atoms with van der Waals surface area (Å²) in [6.07, 6.45) is 0. The molecule has 20 N–H and O–H groups in total. The smallest absolute Gasteiger partial charge is 0.300 e. The Morgan fingerprint density at radius 2 is 0.645 bits per heavy atom. The molecule has 0 bridgehead atoms. The number of nitrogens with two attached hydrogens (primary N) is 2. The van der Waals surface area contributed by atoms with Gasteiger partial charge in [0, 0.05) is 60.8 Å². The number of hydrogen-bond donors (Lipinski definition) is 10. The predicted octanol–water partition coefficient (Wildman–Crippen LogP) is -2.38. The van der Waals surface area contributed by atoms with Gasteiger partial charge in [0.05, 0.1) is 0 Å². The summed E-state index contributed by atoms with van der Waals surface area (Å²) in [5.41, 5.74) is 10.3. The normalized spacial score (nSPS) is 6.16. The largest absolute Gasteiger partial charge is 0.481 e. The number of aliphatic carboxylic acids is 5. The zero-order valence-corrected chi connectivity index (χ0v) is 18.7. The van der Waals surface area contributed by atoms with Crippen LogP contribution in [0.1, 0.15) is 34.6 Å². The van der Waals surface area contributed by atoms with Gasteiger partial charge in [-0.3, -0.25) is 24.0 Å². The van der Waals surface area contributed by atoms with Crippen molar-refractivity contribution in [2.75, 3.05) is 26.2 Å². The van der Waals surface area contributed by atoms with Gasteiger partial charge in [0.15, 0.2) is 0 Å². The van der Waals surface area contributed by atoms with E-state index in [4.69, 9.17) is 61.0 Å². The molecule has 0 amide bonds. The van der Waals surface area contributed by atoms with Crippen LogP contribution in [0.3, 0.4) is 0 Å². The zero-order chi connectivity index (χ0) is 23.4. The van der Waals surface area contributed by atoms with E-state index in [1.165, 1.54) is 0 Å². The van der Waals surface area contributed by atoms with Gasteiger partial charge in [-0.05, 0) is 0 Å². The van der Waals surface area contributed by atoms with Crippen LogP contribution in [0.15, 0.2) is 0 Å². The Morgan fingerprint density at radius 1 is 0.548 bits per heavy atom. The average molecular weight is 474 g/mol. The van der Waals surface area contributed by atoms with Crippen molar-refractivity contribution in [2.24, 2.45) is 11.5 Å². The van der Waals surface area contributed by atoms with E-state index in [9.17, 15) is 0 Å². The van der Waals surface area contributed by atoms with Crippen LogP contribution in [-0.4, -0.2) is 92.5 Å². The van der Waals surface area contributed by atoms with Crippen molar-refractivity contribution in [2.45, 2.75) is 34.6 Å². The van der Waals surface area contributed by atoms with Gasteiger partial charge < -0.3 is 65.6 Å². The summed E-state index contributed by atoms with van der Waals surface area (Å²) in [5, 5.41) is 40.1. The molecule has 0 aromatic heterocycles. The van der Waals surface area contributed by atoms with E-state index in [-0.39, 0.29) is 23.3 Å². The molecule has 0 aliphatic carbocycles. The number of carboxylic acids is 5. The van der Waals surface area contributed by atoms with Gasteiger partial charge in [0.2, 0.25) is 0 Å². The maximum absolute atomic E-state index is 9.00. The van der Waals surface area contributed by atoms with Crippen LogP contribution < -0.4 is 29.1 Å². The molecule has 0 atom stereocenters. The molecule has 0 radical (unpaired) electrons. The molecule has 0 aromatic carbocycles. The van der Waals surface area contributed by atoms with Gasteiger partial charge in [-0.2, -0.15) is 0 Å². The number of carbonyl (C=O) groups is 5. The molecule has 0 aromatic rings. The minimum atomic E-state index is -0.833. The van der Waals surface area contributed by atoms with Crippen LogP contribution in [0.4, 0.5) is 0 Å². The summed E-state index contributed by atoms with van der Waals surface area (Å²) >= 11 is 0. The second-order valence-corrected chi connectivity index (χ2v) is 3.92. The third kappa shape index (κ3) is 14900. The van der Waals surface area contributed by atoms with Crippen molar-refractivity contribution in [3.05, 3.63) is 0 Å². The lowest BCUT2D eigenvalue weighted by Crippen LogP contribution is -2.27. The van der Waals surface area contributed by atoms with Gasteiger partial charge in [-0.1, -0.05) is 0 Å². The van der Waals surface area contributed by atoms with Crippen LogP contribution >= 0.6 is 0 Å². The van der Waals surface area contributed by atoms with Gasteiger partial charge in [-0.25, -0.2) is 0 Å². The highest BCUT2D eigenvalue weighted by Gasteiger charge is 1.76. The Morgan fingerprint density at radius 3 is 0.710 bits per heavy atom. The van der Waals surface area contributed by atoms with Crippen molar-refractivity contribution < 1.29 is 60.5 Å². The molecule has 0 fully saturated rings. The summed E-state index contributed by atoms with van der Waals surface area (Å²) in [5.74, 6) is -4.17. The minimum Gasteiger partial charge on any atom is -0.481 e. The highest BCUT2D eigenvalue weighted by Crippen LogP contribution is 1.49. The highest BCUT2D eigenvalue weighted by atomic mass is 16.4. The molecule has 0 rings (SSSR count). The van der Waals surface area contributed by atoms with E-state index in [0.29, 0.717) is 13.1 Å². The first-order chi connectivity index (χ1) is 12.1. The van der Waals surface area contributed by atoms with Crippen LogP contribution in [0.25, 0.3) is 0 Å². The SMILES string of the molecule is CC(=O)O.CC(=O)O.CC(=O)O.CC(=O)O.CC(=O)O.N.N.NCCNCCN.O.O. The van der Waals surface area contributed by atoms with E-state index in [1.807, 2.05) is 0 Å². The topological polar surface area (TPSA) is 384 Å². The molecule has 0 spiro atoms. The predicted molar refractivity (Wildman–Crippen MR) is 115 cm³/mol. The summed E-state index contributed by atoms with van der Waals surface area (Å²) in [6.45, 7) is 8.55. The van der Waals surface area contributed by atoms with E-state index in [1.54, 1.807) is 0 Å². The molecular weight excluding hydrogens is 430 g/mol. The maximum Gasteiger partial charge on any atom is 0.300 e. The fraction of sp³-hybridized carbons (Fsp3) is 0.643. The molecule has 0 aliphatic heterocycles.